The maximum atomic E-state index is 4.93. The van der Waals surface area contributed by atoms with E-state index in [4.69, 9.17) is 9.47 Å². The van der Waals surface area contributed by atoms with E-state index in [0.717, 1.165) is 13.2 Å². The van der Waals surface area contributed by atoms with Crippen LogP contribution in [-0.4, -0.2) is 24.5 Å². The summed E-state index contributed by atoms with van der Waals surface area (Å²) in [7, 11) is 0. The Bertz CT molecular complexity index is 256. The molecule has 0 N–H and O–H groups in total. The van der Waals surface area contributed by atoms with Crippen molar-refractivity contribution in [1.29, 1.82) is 0 Å². The van der Waals surface area contributed by atoms with Crippen LogP contribution >= 0.6 is 0 Å². The molecule has 1 aromatic rings. The average molecular weight is 209 g/mol. The normalized spacial score (nSPS) is 16.3. The first-order valence-corrected chi connectivity index (χ1v) is 5.33. The molecule has 15 heavy (non-hydrogen) atoms. The van der Waals surface area contributed by atoms with Crippen molar-refractivity contribution >= 4 is 0 Å². The monoisotopic (exact) mass is 209 g/mol. The van der Waals surface area contributed by atoms with Gasteiger partial charge in [0.15, 0.2) is 6.29 Å². The Morgan fingerprint density at radius 3 is 2.00 bits per heavy atom. The summed E-state index contributed by atoms with van der Waals surface area (Å²) >= 11 is 0. The minimum atomic E-state index is 0.0463. The van der Waals surface area contributed by atoms with Crippen molar-refractivity contribution < 1.29 is 9.47 Å². The van der Waals surface area contributed by atoms with E-state index in [1.54, 1.807) is 0 Å². The Morgan fingerprint density at radius 2 is 1.73 bits per heavy atom. The van der Waals surface area contributed by atoms with Crippen LogP contribution in [0, 0.1) is 0 Å². The van der Waals surface area contributed by atoms with Crippen LogP contribution in [0.25, 0.3) is 0 Å². The summed E-state index contributed by atoms with van der Waals surface area (Å²) in [6, 6.07) is 4.09. The molecule has 3 nitrogen and oxygen atoms in total. The van der Waals surface area contributed by atoms with Gasteiger partial charge < -0.3 is 9.47 Å². The molecule has 0 amide bonds. The standard InChI is InChI=1S/C8H11N.C4H8O2/c1-7(2)8-3-5-9-6-4-8;1-4-5-2-3-6-4/h3-7H,1-2H3;4H,2-3H2,1H3. The molecule has 2 rings (SSSR count). The molecule has 1 aliphatic heterocycles. The largest absolute Gasteiger partial charge is 0.351 e. The topological polar surface area (TPSA) is 31.4 Å². The SMILES string of the molecule is CC(C)c1ccncc1.CC1OCCO1. The highest BCUT2D eigenvalue weighted by molar-refractivity contribution is 5.13. The quantitative estimate of drug-likeness (QED) is 0.712. The van der Waals surface area contributed by atoms with E-state index in [0.29, 0.717) is 5.92 Å². The van der Waals surface area contributed by atoms with Gasteiger partial charge in [0.05, 0.1) is 13.2 Å². The molecule has 1 aromatic heterocycles. The second kappa shape index (κ2) is 6.53. The van der Waals surface area contributed by atoms with Gasteiger partial charge in [-0.05, 0) is 30.5 Å². The van der Waals surface area contributed by atoms with E-state index in [9.17, 15) is 0 Å². The summed E-state index contributed by atoms with van der Waals surface area (Å²) in [4.78, 5) is 3.93. The summed E-state index contributed by atoms with van der Waals surface area (Å²) in [5.41, 5.74) is 1.35. The molecule has 0 saturated carbocycles. The van der Waals surface area contributed by atoms with Gasteiger partial charge in [0, 0.05) is 12.4 Å². The lowest BCUT2D eigenvalue weighted by molar-refractivity contribution is -0.0254. The van der Waals surface area contributed by atoms with Crippen LogP contribution in [0.4, 0.5) is 0 Å². The fourth-order valence-electron chi connectivity index (χ4n) is 1.22. The molecule has 0 radical (unpaired) electrons. The van der Waals surface area contributed by atoms with Gasteiger partial charge in [0.1, 0.15) is 0 Å². The second-order valence-electron chi connectivity index (χ2n) is 3.74. The maximum absolute atomic E-state index is 4.93. The van der Waals surface area contributed by atoms with Gasteiger partial charge in [-0.25, -0.2) is 0 Å². The number of rotatable bonds is 1. The molecule has 2 heterocycles. The molecule has 1 fully saturated rings. The minimum Gasteiger partial charge on any atom is -0.351 e. The Hall–Kier alpha value is -0.930. The van der Waals surface area contributed by atoms with Gasteiger partial charge in [-0.15, -0.1) is 0 Å². The van der Waals surface area contributed by atoms with Crippen molar-refractivity contribution in [1.82, 2.24) is 4.98 Å². The molecule has 1 saturated heterocycles. The number of hydrogen-bond donors (Lipinski definition) is 0. The molecular formula is C12H19NO2. The highest BCUT2D eigenvalue weighted by Gasteiger charge is 2.07. The van der Waals surface area contributed by atoms with Gasteiger partial charge in [-0.2, -0.15) is 0 Å². The van der Waals surface area contributed by atoms with Crippen LogP contribution in [-0.2, 0) is 9.47 Å². The predicted octanol–water partition coefficient (Wildman–Crippen LogP) is 2.58. The molecule has 1 aliphatic rings. The average Bonchev–Trinajstić information content (AvgIpc) is 2.71. The first-order valence-electron chi connectivity index (χ1n) is 5.33. The zero-order chi connectivity index (χ0) is 11.1. The fraction of sp³-hybridized carbons (Fsp3) is 0.583. The third-order valence-electron chi connectivity index (χ3n) is 2.16. The van der Waals surface area contributed by atoms with Crippen molar-refractivity contribution in [2.24, 2.45) is 0 Å². The lowest BCUT2D eigenvalue weighted by atomic mass is 10.1. The van der Waals surface area contributed by atoms with Crippen LogP contribution < -0.4 is 0 Å². The smallest absolute Gasteiger partial charge is 0.155 e. The van der Waals surface area contributed by atoms with Crippen molar-refractivity contribution in [2.45, 2.75) is 33.0 Å². The van der Waals surface area contributed by atoms with Crippen molar-refractivity contribution in [3.05, 3.63) is 30.1 Å². The Balaban J connectivity index is 0.000000162. The number of pyridine rings is 1. The minimum absolute atomic E-state index is 0.0463. The van der Waals surface area contributed by atoms with E-state index in [1.165, 1.54) is 5.56 Å². The van der Waals surface area contributed by atoms with Crippen LogP contribution in [0.5, 0.6) is 0 Å². The van der Waals surface area contributed by atoms with Crippen molar-refractivity contribution in [3.63, 3.8) is 0 Å². The van der Waals surface area contributed by atoms with Crippen LogP contribution in [0.1, 0.15) is 32.3 Å². The lowest BCUT2D eigenvalue weighted by Gasteiger charge is -2.01. The summed E-state index contributed by atoms with van der Waals surface area (Å²) in [5, 5.41) is 0. The molecule has 0 aromatic carbocycles. The first kappa shape index (κ1) is 12.1. The van der Waals surface area contributed by atoms with Gasteiger partial charge in [-0.3, -0.25) is 4.98 Å². The predicted molar refractivity (Wildman–Crippen MR) is 59.7 cm³/mol. The van der Waals surface area contributed by atoms with Crippen molar-refractivity contribution in [2.75, 3.05) is 13.2 Å². The van der Waals surface area contributed by atoms with E-state index >= 15 is 0 Å². The number of aromatic nitrogens is 1. The third kappa shape index (κ3) is 4.91. The van der Waals surface area contributed by atoms with Gasteiger partial charge in [-0.1, -0.05) is 13.8 Å². The third-order valence-corrected chi connectivity index (χ3v) is 2.16. The van der Waals surface area contributed by atoms with Crippen LogP contribution in [0.2, 0.25) is 0 Å². The van der Waals surface area contributed by atoms with Gasteiger partial charge >= 0.3 is 0 Å². The molecular weight excluding hydrogens is 190 g/mol. The molecule has 84 valence electrons. The number of hydrogen-bond acceptors (Lipinski definition) is 3. The molecule has 0 aliphatic carbocycles. The van der Waals surface area contributed by atoms with E-state index < -0.39 is 0 Å². The highest BCUT2D eigenvalue weighted by Crippen LogP contribution is 2.10. The molecule has 3 heteroatoms. The van der Waals surface area contributed by atoms with Gasteiger partial charge in [0.2, 0.25) is 0 Å². The highest BCUT2D eigenvalue weighted by atomic mass is 16.7. The van der Waals surface area contributed by atoms with Gasteiger partial charge in [0.25, 0.3) is 0 Å². The van der Waals surface area contributed by atoms with E-state index in [2.05, 4.69) is 18.8 Å². The Labute approximate surface area is 91.4 Å². The van der Waals surface area contributed by atoms with Crippen molar-refractivity contribution in [3.8, 4) is 0 Å². The molecule has 0 bridgehead atoms. The van der Waals surface area contributed by atoms with E-state index in [1.807, 2.05) is 31.5 Å². The molecule has 0 unspecified atom stereocenters. The summed E-state index contributed by atoms with van der Waals surface area (Å²) in [6.45, 7) is 7.78. The Morgan fingerprint density at radius 1 is 1.20 bits per heavy atom. The van der Waals surface area contributed by atoms with Crippen LogP contribution in [0.3, 0.4) is 0 Å². The zero-order valence-electron chi connectivity index (χ0n) is 9.64. The Kier molecular flexibility index (Phi) is 5.29. The second-order valence-corrected chi connectivity index (χ2v) is 3.74. The van der Waals surface area contributed by atoms with E-state index in [-0.39, 0.29) is 6.29 Å². The number of nitrogens with zero attached hydrogens (tertiary/aromatic N) is 1. The fourth-order valence-corrected chi connectivity index (χ4v) is 1.22. The lowest BCUT2D eigenvalue weighted by Crippen LogP contribution is -1.97. The number of ether oxygens (including phenoxy) is 2. The van der Waals surface area contributed by atoms with Crippen LogP contribution in [0.15, 0.2) is 24.5 Å². The summed E-state index contributed by atoms with van der Waals surface area (Å²) in [5.74, 6) is 0.619. The molecule has 0 spiro atoms. The zero-order valence-corrected chi connectivity index (χ0v) is 9.64. The maximum Gasteiger partial charge on any atom is 0.155 e. The summed E-state index contributed by atoms with van der Waals surface area (Å²) < 4.78 is 9.86. The first-order chi connectivity index (χ1) is 7.20. The summed E-state index contributed by atoms with van der Waals surface area (Å²) in [6.07, 6.45) is 3.70. The molecule has 0 atom stereocenters.